The number of benzene rings is 1. The Labute approximate surface area is 190 Å². The van der Waals surface area contributed by atoms with Gasteiger partial charge in [-0.1, -0.05) is 62.8 Å². The molecule has 0 radical (unpaired) electrons. The van der Waals surface area contributed by atoms with Gasteiger partial charge in [0.05, 0.1) is 12.2 Å². The maximum atomic E-state index is 13.4. The van der Waals surface area contributed by atoms with Crippen LogP contribution in [0.25, 0.3) is 5.57 Å². The number of aliphatic hydroxyl groups is 1. The van der Waals surface area contributed by atoms with E-state index in [1.165, 1.54) is 24.2 Å². The zero-order chi connectivity index (χ0) is 22.2. The van der Waals surface area contributed by atoms with Crippen molar-refractivity contribution in [3.63, 3.8) is 0 Å². The molecule has 31 heavy (non-hydrogen) atoms. The Morgan fingerprint density at radius 3 is 2.16 bits per heavy atom. The SMILES string of the molecule is CCCCCCCCN1C(=O)C(c2ccc(Cl)cc2)=C(N2CCN(CCO)CC2)C1=O. The second-order valence-corrected chi connectivity index (χ2v) is 8.75. The van der Waals surface area contributed by atoms with Crippen LogP contribution in [-0.4, -0.2) is 77.5 Å². The highest BCUT2D eigenvalue weighted by Gasteiger charge is 2.41. The lowest BCUT2D eigenvalue weighted by Gasteiger charge is -2.36. The first-order chi connectivity index (χ1) is 15.1. The van der Waals surface area contributed by atoms with Crippen LogP contribution in [0.3, 0.4) is 0 Å². The molecule has 0 aliphatic carbocycles. The minimum atomic E-state index is -0.200. The van der Waals surface area contributed by atoms with E-state index in [9.17, 15) is 14.7 Å². The number of carbonyl (C=O) groups is 2. The van der Waals surface area contributed by atoms with E-state index in [-0.39, 0.29) is 18.4 Å². The van der Waals surface area contributed by atoms with Crippen LogP contribution >= 0.6 is 11.6 Å². The molecule has 1 fully saturated rings. The van der Waals surface area contributed by atoms with Gasteiger partial charge in [0.1, 0.15) is 5.70 Å². The van der Waals surface area contributed by atoms with Crippen molar-refractivity contribution in [2.45, 2.75) is 45.4 Å². The summed E-state index contributed by atoms with van der Waals surface area (Å²) in [7, 11) is 0. The fourth-order valence-corrected chi connectivity index (χ4v) is 4.45. The van der Waals surface area contributed by atoms with Crippen LogP contribution in [0.1, 0.15) is 51.0 Å². The van der Waals surface area contributed by atoms with Crippen LogP contribution in [0.2, 0.25) is 5.02 Å². The van der Waals surface area contributed by atoms with E-state index in [1.54, 1.807) is 12.1 Å². The largest absolute Gasteiger partial charge is 0.395 e. The third kappa shape index (κ3) is 5.88. The summed E-state index contributed by atoms with van der Waals surface area (Å²) in [5, 5.41) is 9.79. The van der Waals surface area contributed by atoms with Crippen LogP contribution in [0.4, 0.5) is 0 Å². The van der Waals surface area contributed by atoms with Crippen LogP contribution in [0, 0.1) is 0 Å². The molecule has 0 atom stereocenters. The van der Waals surface area contributed by atoms with Gasteiger partial charge in [-0.2, -0.15) is 0 Å². The first kappa shape index (κ1) is 23.8. The summed E-state index contributed by atoms with van der Waals surface area (Å²) >= 11 is 6.05. The van der Waals surface area contributed by atoms with Gasteiger partial charge in [0, 0.05) is 44.3 Å². The van der Waals surface area contributed by atoms with Gasteiger partial charge >= 0.3 is 0 Å². The Morgan fingerprint density at radius 1 is 0.871 bits per heavy atom. The highest BCUT2D eigenvalue weighted by Crippen LogP contribution is 2.33. The molecule has 1 aromatic carbocycles. The maximum absolute atomic E-state index is 13.4. The van der Waals surface area contributed by atoms with Gasteiger partial charge in [0.2, 0.25) is 0 Å². The van der Waals surface area contributed by atoms with Gasteiger partial charge in [-0.15, -0.1) is 0 Å². The topological polar surface area (TPSA) is 64.1 Å². The molecule has 1 N–H and O–H groups in total. The van der Waals surface area contributed by atoms with Crippen LogP contribution in [0.15, 0.2) is 30.0 Å². The van der Waals surface area contributed by atoms with Gasteiger partial charge in [0.15, 0.2) is 0 Å². The Morgan fingerprint density at radius 2 is 1.52 bits per heavy atom. The maximum Gasteiger partial charge on any atom is 0.277 e. The third-order valence-corrected chi connectivity index (χ3v) is 6.37. The molecule has 0 unspecified atom stereocenters. The normalized spacial score (nSPS) is 17.9. The van der Waals surface area contributed by atoms with Gasteiger partial charge < -0.3 is 10.0 Å². The molecule has 0 saturated carbocycles. The van der Waals surface area contributed by atoms with Crippen molar-refractivity contribution in [2.24, 2.45) is 0 Å². The minimum Gasteiger partial charge on any atom is -0.395 e. The number of β-amino-alcohol motifs (C(OH)–C–C–N with tert-alkyl or cyclic N) is 1. The van der Waals surface area contributed by atoms with Crippen molar-refractivity contribution >= 4 is 29.0 Å². The zero-order valence-corrected chi connectivity index (χ0v) is 19.2. The predicted molar refractivity (Wildman–Crippen MR) is 124 cm³/mol. The number of hydrogen-bond donors (Lipinski definition) is 1. The molecule has 0 aromatic heterocycles. The quantitative estimate of drug-likeness (QED) is 0.416. The Kier molecular flexibility index (Phi) is 8.93. The third-order valence-electron chi connectivity index (χ3n) is 6.12. The van der Waals surface area contributed by atoms with E-state index in [2.05, 4.69) is 11.8 Å². The summed E-state index contributed by atoms with van der Waals surface area (Å²) in [6.07, 6.45) is 6.65. The molecule has 2 heterocycles. The summed E-state index contributed by atoms with van der Waals surface area (Å²) in [5.41, 5.74) is 1.74. The number of halogens is 1. The second kappa shape index (κ2) is 11.7. The predicted octanol–water partition coefficient (Wildman–Crippen LogP) is 3.39. The second-order valence-electron chi connectivity index (χ2n) is 8.31. The lowest BCUT2D eigenvalue weighted by molar-refractivity contribution is -0.137. The fourth-order valence-electron chi connectivity index (χ4n) is 4.32. The smallest absolute Gasteiger partial charge is 0.277 e. The summed E-state index contributed by atoms with van der Waals surface area (Å²) in [5.74, 6) is -0.382. The molecule has 2 amide bonds. The highest BCUT2D eigenvalue weighted by molar-refractivity contribution is 6.36. The molecular weight excluding hydrogens is 414 g/mol. The summed E-state index contributed by atoms with van der Waals surface area (Å²) < 4.78 is 0. The molecule has 0 spiro atoms. The lowest BCUT2D eigenvalue weighted by atomic mass is 10.0. The summed E-state index contributed by atoms with van der Waals surface area (Å²) in [4.78, 5) is 32.3. The molecule has 170 valence electrons. The standard InChI is InChI=1S/C24H34ClN3O3/c1-2-3-4-5-6-7-12-28-23(30)21(19-8-10-20(25)11-9-19)22(24(28)31)27-15-13-26(14-16-27)17-18-29/h8-11,29H,2-7,12-18H2,1H3. The zero-order valence-electron chi connectivity index (χ0n) is 18.5. The number of hydrogen-bond acceptors (Lipinski definition) is 5. The molecule has 1 aromatic rings. The monoisotopic (exact) mass is 447 g/mol. The number of carbonyl (C=O) groups excluding carboxylic acids is 2. The van der Waals surface area contributed by atoms with Crippen LogP contribution in [-0.2, 0) is 9.59 Å². The van der Waals surface area contributed by atoms with Gasteiger partial charge in [0.25, 0.3) is 11.8 Å². The number of rotatable bonds is 11. The van der Waals surface area contributed by atoms with Crippen molar-refractivity contribution in [3.8, 4) is 0 Å². The number of amides is 2. The first-order valence-corrected chi connectivity index (χ1v) is 11.9. The lowest BCUT2D eigenvalue weighted by Crippen LogP contribution is -2.48. The molecule has 2 aliphatic rings. The van der Waals surface area contributed by atoms with Crippen LogP contribution in [0.5, 0.6) is 0 Å². The van der Waals surface area contributed by atoms with Crippen molar-refractivity contribution in [1.82, 2.24) is 14.7 Å². The average Bonchev–Trinajstić information content (AvgIpc) is 3.02. The number of nitrogens with zero attached hydrogens (tertiary/aromatic N) is 3. The van der Waals surface area contributed by atoms with E-state index in [1.807, 2.05) is 17.0 Å². The van der Waals surface area contributed by atoms with Crippen molar-refractivity contribution < 1.29 is 14.7 Å². The number of piperazine rings is 1. The molecule has 2 aliphatic heterocycles. The average molecular weight is 448 g/mol. The van der Waals surface area contributed by atoms with Gasteiger partial charge in [-0.3, -0.25) is 19.4 Å². The molecule has 7 heteroatoms. The van der Waals surface area contributed by atoms with Crippen LogP contribution < -0.4 is 0 Å². The number of unbranched alkanes of at least 4 members (excludes halogenated alkanes) is 5. The Hall–Kier alpha value is -1.89. The summed E-state index contributed by atoms with van der Waals surface area (Å²) in [6.45, 7) is 6.27. The van der Waals surface area contributed by atoms with E-state index < -0.39 is 0 Å². The molecule has 0 bridgehead atoms. The van der Waals surface area contributed by atoms with E-state index in [0.717, 1.165) is 37.9 Å². The Bertz CT molecular complexity index is 786. The molecular formula is C24H34ClN3O3. The van der Waals surface area contributed by atoms with Crippen molar-refractivity contribution in [1.29, 1.82) is 0 Å². The van der Waals surface area contributed by atoms with E-state index in [4.69, 9.17) is 11.6 Å². The first-order valence-electron chi connectivity index (χ1n) is 11.5. The number of imide groups is 1. The van der Waals surface area contributed by atoms with Gasteiger partial charge in [-0.05, 0) is 24.1 Å². The molecule has 3 rings (SSSR count). The molecule has 1 saturated heterocycles. The summed E-state index contributed by atoms with van der Waals surface area (Å²) in [6, 6.07) is 7.15. The number of aliphatic hydroxyl groups excluding tert-OH is 1. The van der Waals surface area contributed by atoms with Gasteiger partial charge in [-0.25, -0.2) is 0 Å². The fraction of sp³-hybridized carbons (Fsp3) is 0.583. The van der Waals surface area contributed by atoms with Crippen molar-refractivity contribution in [3.05, 3.63) is 40.5 Å². The van der Waals surface area contributed by atoms with E-state index in [0.29, 0.717) is 42.5 Å². The Balaban J connectivity index is 1.76. The molecule has 6 nitrogen and oxygen atoms in total. The van der Waals surface area contributed by atoms with E-state index >= 15 is 0 Å². The van der Waals surface area contributed by atoms with Crippen molar-refractivity contribution in [2.75, 3.05) is 45.9 Å². The minimum absolute atomic E-state index is 0.127. The highest BCUT2D eigenvalue weighted by atomic mass is 35.5.